The predicted octanol–water partition coefficient (Wildman–Crippen LogP) is 4.52. The maximum Gasteiger partial charge on any atom is 0.224 e. The molecule has 0 spiro atoms. The third kappa shape index (κ3) is 4.72. The van der Waals surface area contributed by atoms with Gasteiger partial charge in [0.1, 0.15) is 5.82 Å². The number of benzene rings is 1. The lowest BCUT2D eigenvalue weighted by molar-refractivity contribution is 0.740. The number of hydrogen-bond acceptors (Lipinski definition) is 4. The third-order valence-corrected chi connectivity index (χ3v) is 4.29. The van der Waals surface area contributed by atoms with Gasteiger partial charge in [-0.1, -0.05) is 38.0 Å². The van der Waals surface area contributed by atoms with Gasteiger partial charge < -0.3 is 15.6 Å². The molecule has 0 unspecified atom stereocenters. The summed E-state index contributed by atoms with van der Waals surface area (Å²) in [5.41, 5.74) is 3.49. The lowest BCUT2D eigenvalue weighted by Crippen LogP contribution is -2.10. The van der Waals surface area contributed by atoms with Crippen LogP contribution < -0.4 is 10.6 Å². The van der Waals surface area contributed by atoms with Gasteiger partial charge >= 0.3 is 0 Å². The van der Waals surface area contributed by atoms with Crippen molar-refractivity contribution in [1.29, 1.82) is 0 Å². The van der Waals surface area contributed by atoms with Crippen molar-refractivity contribution >= 4 is 22.7 Å². The lowest BCUT2D eigenvalue weighted by atomic mass is 10.1. The van der Waals surface area contributed by atoms with Crippen molar-refractivity contribution in [3.8, 4) is 0 Å². The summed E-state index contributed by atoms with van der Waals surface area (Å²) in [7, 11) is 0. The molecule has 25 heavy (non-hydrogen) atoms. The monoisotopic (exact) mass is 337 g/mol. The molecule has 0 bridgehead atoms. The first-order chi connectivity index (χ1) is 12.3. The number of fused-ring (bicyclic) bond motifs is 1. The number of aryl methyl sites for hydroxylation is 1. The molecule has 1 aromatic carbocycles. The van der Waals surface area contributed by atoms with Gasteiger partial charge in [-0.25, -0.2) is 4.98 Å². The molecule has 3 N–H and O–H groups in total. The van der Waals surface area contributed by atoms with Gasteiger partial charge in [0, 0.05) is 41.9 Å². The first-order valence-electron chi connectivity index (χ1n) is 9.14. The molecule has 0 radical (unpaired) electrons. The Bertz CT molecular complexity index is 809. The Kier molecular flexibility index (Phi) is 5.88. The minimum atomic E-state index is 0.714. The molecule has 5 heteroatoms. The molecule has 0 aliphatic carbocycles. The van der Waals surface area contributed by atoms with Crippen LogP contribution in [0.3, 0.4) is 0 Å². The average Bonchev–Trinajstić information content (AvgIpc) is 3.02. The standard InChI is InChI=1S/C20H27N5/c1-3-4-7-11-22-20-24-15(2)13-19(25-20)21-12-10-16-14-23-18-9-6-5-8-17(16)18/h5-6,8-9,13-14,23H,3-4,7,10-12H2,1-2H3,(H2,21,22,24,25). The van der Waals surface area contributed by atoms with Crippen LogP contribution in [0.4, 0.5) is 11.8 Å². The fourth-order valence-electron chi connectivity index (χ4n) is 2.98. The van der Waals surface area contributed by atoms with Crippen LogP contribution in [-0.2, 0) is 6.42 Å². The molecule has 0 atom stereocenters. The number of anilines is 2. The van der Waals surface area contributed by atoms with Crippen LogP contribution in [0, 0.1) is 6.92 Å². The van der Waals surface area contributed by atoms with E-state index in [4.69, 9.17) is 0 Å². The van der Waals surface area contributed by atoms with Crippen molar-refractivity contribution in [2.24, 2.45) is 0 Å². The maximum atomic E-state index is 4.57. The smallest absolute Gasteiger partial charge is 0.224 e. The molecule has 5 nitrogen and oxygen atoms in total. The molecule has 0 aliphatic heterocycles. The number of H-pyrrole nitrogens is 1. The highest BCUT2D eigenvalue weighted by molar-refractivity contribution is 5.83. The fourth-order valence-corrected chi connectivity index (χ4v) is 2.98. The molecule has 0 amide bonds. The summed E-state index contributed by atoms with van der Waals surface area (Å²) in [6, 6.07) is 10.4. The van der Waals surface area contributed by atoms with E-state index in [1.54, 1.807) is 0 Å². The summed E-state index contributed by atoms with van der Waals surface area (Å²) in [6.45, 7) is 5.97. The molecule has 2 aromatic heterocycles. The summed E-state index contributed by atoms with van der Waals surface area (Å²) in [5, 5.41) is 8.04. The maximum absolute atomic E-state index is 4.57. The zero-order valence-electron chi connectivity index (χ0n) is 15.1. The average molecular weight is 337 g/mol. The normalized spacial score (nSPS) is 11.0. The number of aromatic amines is 1. The Labute approximate surface area is 149 Å². The van der Waals surface area contributed by atoms with Gasteiger partial charge in [-0.3, -0.25) is 0 Å². The SMILES string of the molecule is CCCCCNc1nc(C)cc(NCCc2c[nH]c3ccccc23)n1. The lowest BCUT2D eigenvalue weighted by Gasteiger charge is -2.10. The minimum absolute atomic E-state index is 0.714. The van der Waals surface area contributed by atoms with Crippen molar-refractivity contribution < 1.29 is 0 Å². The van der Waals surface area contributed by atoms with E-state index in [1.807, 2.05) is 13.0 Å². The summed E-state index contributed by atoms with van der Waals surface area (Å²) in [4.78, 5) is 12.4. The summed E-state index contributed by atoms with van der Waals surface area (Å²) in [6.07, 6.45) is 6.65. The summed E-state index contributed by atoms with van der Waals surface area (Å²) in [5.74, 6) is 1.59. The van der Waals surface area contributed by atoms with Crippen molar-refractivity contribution in [2.45, 2.75) is 39.5 Å². The predicted molar refractivity (Wildman–Crippen MR) is 105 cm³/mol. The molecule has 3 aromatic rings. The van der Waals surface area contributed by atoms with E-state index in [1.165, 1.54) is 29.3 Å². The Morgan fingerprint density at radius 1 is 1.04 bits per heavy atom. The molecular formula is C20H27N5. The van der Waals surface area contributed by atoms with E-state index in [-0.39, 0.29) is 0 Å². The van der Waals surface area contributed by atoms with Gasteiger partial charge in [0.15, 0.2) is 0 Å². The van der Waals surface area contributed by atoms with Gasteiger partial charge in [-0.15, -0.1) is 0 Å². The van der Waals surface area contributed by atoms with Gasteiger partial charge in [-0.2, -0.15) is 4.98 Å². The van der Waals surface area contributed by atoms with E-state index in [9.17, 15) is 0 Å². The molecule has 2 heterocycles. The van der Waals surface area contributed by atoms with Gasteiger partial charge in [0.05, 0.1) is 0 Å². The largest absolute Gasteiger partial charge is 0.370 e. The van der Waals surface area contributed by atoms with E-state index < -0.39 is 0 Å². The molecular weight excluding hydrogens is 310 g/mol. The van der Waals surface area contributed by atoms with Gasteiger partial charge in [0.25, 0.3) is 0 Å². The molecule has 0 saturated carbocycles. The molecule has 0 saturated heterocycles. The molecule has 132 valence electrons. The van der Waals surface area contributed by atoms with Crippen molar-refractivity contribution in [2.75, 3.05) is 23.7 Å². The van der Waals surface area contributed by atoms with Crippen molar-refractivity contribution in [1.82, 2.24) is 15.0 Å². The Morgan fingerprint density at radius 3 is 2.80 bits per heavy atom. The van der Waals surface area contributed by atoms with E-state index in [0.29, 0.717) is 5.95 Å². The Morgan fingerprint density at radius 2 is 1.92 bits per heavy atom. The first-order valence-corrected chi connectivity index (χ1v) is 9.14. The molecule has 0 fully saturated rings. The Hall–Kier alpha value is -2.56. The second-order valence-corrected chi connectivity index (χ2v) is 6.39. The minimum Gasteiger partial charge on any atom is -0.370 e. The highest BCUT2D eigenvalue weighted by atomic mass is 15.1. The van der Waals surface area contributed by atoms with Gasteiger partial charge in [-0.05, 0) is 31.4 Å². The number of rotatable bonds is 9. The summed E-state index contributed by atoms with van der Waals surface area (Å²) >= 11 is 0. The number of nitrogens with zero attached hydrogens (tertiary/aromatic N) is 2. The number of hydrogen-bond donors (Lipinski definition) is 3. The highest BCUT2D eigenvalue weighted by Gasteiger charge is 2.04. The highest BCUT2D eigenvalue weighted by Crippen LogP contribution is 2.18. The van der Waals surface area contributed by atoms with E-state index in [2.05, 4.69) is 63.0 Å². The van der Waals surface area contributed by atoms with Crippen LogP contribution in [0.15, 0.2) is 36.5 Å². The van der Waals surface area contributed by atoms with Crippen LogP contribution >= 0.6 is 0 Å². The zero-order valence-corrected chi connectivity index (χ0v) is 15.1. The third-order valence-electron chi connectivity index (χ3n) is 4.29. The second-order valence-electron chi connectivity index (χ2n) is 6.39. The van der Waals surface area contributed by atoms with E-state index >= 15 is 0 Å². The van der Waals surface area contributed by atoms with E-state index in [0.717, 1.165) is 37.4 Å². The number of unbranched alkanes of at least 4 members (excludes halogenated alkanes) is 2. The fraction of sp³-hybridized carbons (Fsp3) is 0.400. The van der Waals surface area contributed by atoms with Gasteiger partial charge in [0.2, 0.25) is 5.95 Å². The van der Waals surface area contributed by atoms with Crippen LogP contribution in [0.2, 0.25) is 0 Å². The van der Waals surface area contributed by atoms with Crippen LogP contribution in [0.25, 0.3) is 10.9 Å². The number of aromatic nitrogens is 3. The molecule has 3 rings (SSSR count). The van der Waals surface area contributed by atoms with Crippen LogP contribution in [0.5, 0.6) is 0 Å². The second kappa shape index (κ2) is 8.51. The summed E-state index contributed by atoms with van der Waals surface area (Å²) < 4.78 is 0. The number of para-hydroxylation sites is 1. The van der Waals surface area contributed by atoms with Crippen molar-refractivity contribution in [3.63, 3.8) is 0 Å². The van der Waals surface area contributed by atoms with Crippen LogP contribution in [-0.4, -0.2) is 28.0 Å². The molecule has 0 aliphatic rings. The zero-order chi connectivity index (χ0) is 17.5. The first kappa shape index (κ1) is 17.3. The number of nitrogens with one attached hydrogen (secondary N) is 3. The quantitative estimate of drug-likeness (QED) is 0.502. The topological polar surface area (TPSA) is 65.6 Å². The Balaban J connectivity index is 1.56. The van der Waals surface area contributed by atoms with Crippen LogP contribution in [0.1, 0.15) is 37.4 Å². The van der Waals surface area contributed by atoms with Crippen molar-refractivity contribution in [3.05, 3.63) is 47.8 Å².